The van der Waals surface area contributed by atoms with Crippen LogP contribution in [-0.2, 0) is 17.5 Å². The molecular formula is C31H25F3N4O4. The fourth-order valence-electron chi connectivity index (χ4n) is 4.37. The van der Waals surface area contributed by atoms with Gasteiger partial charge in [-0.05, 0) is 61.4 Å². The molecule has 1 amide bonds. The molecule has 0 fully saturated rings. The molecule has 0 saturated heterocycles. The van der Waals surface area contributed by atoms with Crippen molar-refractivity contribution in [3.05, 3.63) is 113 Å². The van der Waals surface area contributed by atoms with Gasteiger partial charge in [-0.1, -0.05) is 36.4 Å². The van der Waals surface area contributed by atoms with Crippen molar-refractivity contribution in [2.24, 2.45) is 0 Å². The summed E-state index contributed by atoms with van der Waals surface area (Å²) in [5.41, 5.74) is 1.64. The van der Waals surface area contributed by atoms with Gasteiger partial charge in [-0.2, -0.15) is 18.3 Å². The van der Waals surface area contributed by atoms with E-state index in [9.17, 15) is 22.8 Å². The molecule has 0 aliphatic rings. The number of carbonyl (C=O) groups excluding carboxylic acids is 2. The van der Waals surface area contributed by atoms with Crippen molar-refractivity contribution in [2.75, 3.05) is 11.9 Å². The Kier molecular flexibility index (Phi) is 7.92. The minimum atomic E-state index is -4.61. The van der Waals surface area contributed by atoms with Crippen LogP contribution in [0.4, 0.5) is 18.9 Å². The molecule has 2 heterocycles. The number of nitrogens with zero attached hydrogens (tertiary/aromatic N) is 3. The summed E-state index contributed by atoms with van der Waals surface area (Å²) in [6.45, 7) is 3.41. The Bertz CT molecular complexity index is 1770. The molecule has 0 aliphatic heterocycles. The number of amides is 1. The van der Waals surface area contributed by atoms with Crippen LogP contribution in [0.5, 0.6) is 5.75 Å². The molecule has 2 aromatic heterocycles. The van der Waals surface area contributed by atoms with E-state index in [-0.39, 0.29) is 41.2 Å². The largest absolute Gasteiger partial charge is 0.487 e. The molecule has 0 spiro atoms. The van der Waals surface area contributed by atoms with E-state index in [4.69, 9.17) is 9.47 Å². The summed E-state index contributed by atoms with van der Waals surface area (Å²) in [6.07, 6.45) is -1.74. The lowest BCUT2D eigenvalue weighted by atomic mass is 10.0. The van der Waals surface area contributed by atoms with Crippen LogP contribution in [-0.4, -0.2) is 33.1 Å². The second-order valence-electron chi connectivity index (χ2n) is 9.31. The van der Waals surface area contributed by atoms with E-state index in [2.05, 4.69) is 15.4 Å². The van der Waals surface area contributed by atoms with Crippen molar-refractivity contribution >= 4 is 23.2 Å². The van der Waals surface area contributed by atoms with Crippen LogP contribution in [0.2, 0.25) is 0 Å². The zero-order valence-electron chi connectivity index (χ0n) is 22.6. The number of fused-ring (bicyclic) bond motifs is 1. The van der Waals surface area contributed by atoms with Gasteiger partial charge in [0.25, 0.3) is 5.91 Å². The zero-order valence-corrected chi connectivity index (χ0v) is 22.6. The first-order valence-electron chi connectivity index (χ1n) is 13.0. The van der Waals surface area contributed by atoms with Crippen molar-refractivity contribution in [1.29, 1.82) is 0 Å². The number of ether oxygens (including phenoxy) is 2. The average Bonchev–Trinajstić information content (AvgIpc) is 3.41. The third-order valence-corrected chi connectivity index (χ3v) is 6.46. The molecule has 5 aromatic rings. The number of hydrogen-bond acceptors (Lipinski definition) is 6. The number of aromatic nitrogens is 3. The van der Waals surface area contributed by atoms with Gasteiger partial charge in [-0.3, -0.25) is 4.79 Å². The van der Waals surface area contributed by atoms with E-state index in [0.717, 1.165) is 11.6 Å². The number of esters is 1. The Hall–Kier alpha value is -5.19. The lowest BCUT2D eigenvalue weighted by molar-refractivity contribution is -0.138. The second-order valence-corrected chi connectivity index (χ2v) is 9.31. The molecular weight excluding hydrogens is 549 g/mol. The minimum absolute atomic E-state index is 0.0102. The number of benzene rings is 3. The van der Waals surface area contributed by atoms with Gasteiger partial charge in [0, 0.05) is 17.3 Å². The number of hydrogen-bond donors (Lipinski definition) is 1. The van der Waals surface area contributed by atoms with Crippen LogP contribution in [0.3, 0.4) is 0 Å². The number of aryl methyl sites for hydroxylation is 1. The quantitative estimate of drug-likeness (QED) is 0.207. The Morgan fingerprint density at radius 1 is 1.00 bits per heavy atom. The summed E-state index contributed by atoms with van der Waals surface area (Å²) in [7, 11) is 0. The van der Waals surface area contributed by atoms with Crippen molar-refractivity contribution in [3.63, 3.8) is 0 Å². The minimum Gasteiger partial charge on any atom is -0.487 e. The molecule has 214 valence electrons. The molecule has 0 bridgehead atoms. The second kappa shape index (κ2) is 11.7. The fourth-order valence-corrected chi connectivity index (χ4v) is 4.37. The monoisotopic (exact) mass is 574 g/mol. The maximum absolute atomic E-state index is 13.5. The predicted molar refractivity (Wildman–Crippen MR) is 149 cm³/mol. The Morgan fingerprint density at radius 3 is 2.52 bits per heavy atom. The zero-order chi connectivity index (χ0) is 29.9. The number of halogens is 3. The number of alkyl halides is 3. The van der Waals surface area contributed by atoms with Gasteiger partial charge in [0.2, 0.25) is 0 Å². The van der Waals surface area contributed by atoms with Crippen LogP contribution in [0, 0.1) is 6.92 Å². The van der Waals surface area contributed by atoms with E-state index in [1.165, 1.54) is 36.0 Å². The first-order valence-corrected chi connectivity index (χ1v) is 13.0. The highest BCUT2D eigenvalue weighted by atomic mass is 19.4. The summed E-state index contributed by atoms with van der Waals surface area (Å²) >= 11 is 0. The van der Waals surface area contributed by atoms with Crippen molar-refractivity contribution in [1.82, 2.24) is 14.6 Å². The first kappa shape index (κ1) is 28.3. The molecule has 11 heteroatoms. The Morgan fingerprint density at radius 2 is 1.79 bits per heavy atom. The summed E-state index contributed by atoms with van der Waals surface area (Å²) in [5, 5.41) is 7.01. The Labute approximate surface area is 238 Å². The molecule has 0 aliphatic carbocycles. The molecule has 3 aromatic carbocycles. The van der Waals surface area contributed by atoms with E-state index >= 15 is 0 Å². The number of anilines is 1. The highest BCUT2D eigenvalue weighted by Gasteiger charge is 2.33. The van der Waals surface area contributed by atoms with Crippen LogP contribution in [0.1, 0.15) is 44.3 Å². The highest BCUT2D eigenvalue weighted by molar-refractivity contribution is 6.05. The summed E-state index contributed by atoms with van der Waals surface area (Å²) in [5.74, 6) is -1.01. The fraction of sp³-hybridized carbons (Fsp3) is 0.161. The van der Waals surface area contributed by atoms with Crippen molar-refractivity contribution in [3.8, 4) is 17.0 Å². The van der Waals surface area contributed by atoms with Gasteiger partial charge in [-0.25, -0.2) is 14.3 Å². The molecule has 1 N–H and O–H groups in total. The SMILES string of the molecule is CCOC(=O)c1cnn2c(-c3ccc(OCc4ccccc4)c(NC(=O)c4ccc(C)c(C(F)(F)F)c4)c3)ccnc12. The van der Waals surface area contributed by atoms with Crippen LogP contribution in [0.15, 0.2) is 85.2 Å². The van der Waals surface area contributed by atoms with Crippen molar-refractivity contribution in [2.45, 2.75) is 26.6 Å². The first-order chi connectivity index (χ1) is 20.2. The molecule has 5 rings (SSSR count). The Balaban J connectivity index is 1.53. The van der Waals surface area contributed by atoms with E-state index in [1.807, 2.05) is 30.3 Å². The summed E-state index contributed by atoms with van der Waals surface area (Å²) < 4.78 is 53.1. The standard InChI is InChI=1S/C31H25F3N4O4/c1-3-41-30(40)23-17-36-38-26(13-14-35-28(23)38)21-11-12-27(42-18-20-7-5-4-6-8-20)25(16-21)37-29(39)22-10-9-19(2)24(15-22)31(32,33)34/h4-17H,3,18H2,1-2H3,(H,37,39). The third kappa shape index (κ3) is 5.95. The third-order valence-electron chi connectivity index (χ3n) is 6.46. The topological polar surface area (TPSA) is 94.8 Å². The molecule has 42 heavy (non-hydrogen) atoms. The summed E-state index contributed by atoms with van der Waals surface area (Å²) in [6, 6.07) is 19.5. The highest BCUT2D eigenvalue weighted by Crippen LogP contribution is 2.34. The average molecular weight is 575 g/mol. The van der Waals surface area contributed by atoms with E-state index in [1.54, 1.807) is 31.2 Å². The maximum atomic E-state index is 13.5. The number of nitrogens with one attached hydrogen (secondary N) is 1. The predicted octanol–water partition coefficient (Wildman–Crippen LogP) is 6.73. The normalized spacial score (nSPS) is 11.4. The molecule has 8 nitrogen and oxygen atoms in total. The van der Waals surface area contributed by atoms with Crippen molar-refractivity contribution < 1.29 is 32.2 Å². The van der Waals surface area contributed by atoms with Crippen LogP contribution >= 0.6 is 0 Å². The van der Waals surface area contributed by atoms with E-state index < -0.39 is 23.6 Å². The van der Waals surface area contributed by atoms with E-state index in [0.29, 0.717) is 17.0 Å². The summed E-state index contributed by atoms with van der Waals surface area (Å²) in [4.78, 5) is 29.9. The molecule has 0 radical (unpaired) electrons. The van der Waals surface area contributed by atoms with Gasteiger partial charge in [0.05, 0.1) is 29.7 Å². The molecule has 0 unspecified atom stereocenters. The van der Waals surface area contributed by atoms with Gasteiger partial charge < -0.3 is 14.8 Å². The van der Waals surface area contributed by atoms with Gasteiger partial charge in [0.15, 0.2) is 5.65 Å². The number of rotatable bonds is 8. The van der Waals surface area contributed by atoms with Crippen LogP contribution < -0.4 is 10.1 Å². The lowest BCUT2D eigenvalue weighted by Gasteiger charge is -2.16. The smallest absolute Gasteiger partial charge is 0.416 e. The lowest BCUT2D eigenvalue weighted by Crippen LogP contribution is -2.15. The molecule has 0 atom stereocenters. The van der Waals surface area contributed by atoms with Gasteiger partial charge >= 0.3 is 12.1 Å². The van der Waals surface area contributed by atoms with Crippen LogP contribution in [0.25, 0.3) is 16.9 Å². The molecule has 0 saturated carbocycles. The maximum Gasteiger partial charge on any atom is 0.416 e. The van der Waals surface area contributed by atoms with Gasteiger partial charge in [-0.15, -0.1) is 0 Å². The number of carbonyl (C=O) groups is 2. The van der Waals surface area contributed by atoms with Gasteiger partial charge in [0.1, 0.15) is 17.9 Å².